The summed E-state index contributed by atoms with van der Waals surface area (Å²) in [6.45, 7) is 4.20. The number of nitrogens with one attached hydrogen (secondary N) is 2. The number of hydrogen-bond acceptors (Lipinski definition) is 6. The van der Waals surface area contributed by atoms with Crippen molar-refractivity contribution in [1.29, 1.82) is 5.26 Å². The third kappa shape index (κ3) is 5.28. The summed E-state index contributed by atoms with van der Waals surface area (Å²) in [5, 5.41) is 16.3. The molecule has 1 saturated carbocycles. The van der Waals surface area contributed by atoms with E-state index >= 15 is 0 Å². The normalized spacial score (nSPS) is 19.6. The van der Waals surface area contributed by atoms with Gasteiger partial charge in [-0.1, -0.05) is 38.7 Å². The minimum absolute atomic E-state index is 0.543. The molecule has 2 N–H and O–H groups in total. The first-order valence-electron chi connectivity index (χ1n) is 11.4. The van der Waals surface area contributed by atoms with Crippen LogP contribution in [0.1, 0.15) is 63.1 Å². The Labute approximate surface area is 179 Å². The van der Waals surface area contributed by atoms with Gasteiger partial charge in [-0.05, 0) is 43.9 Å². The average Bonchev–Trinajstić information content (AvgIpc) is 3.23. The van der Waals surface area contributed by atoms with Crippen molar-refractivity contribution < 1.29 is 0 Å². The van der Waals surface area contributed by atoms with Crippen LogP contribution in [0, 0.1) is 11.3 Å². The molecule has 30 heavy (non-hydrogen) atoms. The van der Waals surface area contributed by atoms with Crippen LogP contribution in [0.4, 0.5) is 17.5 Å². The summed E-state index contributed by atoms with van der Waals surface area (Å²) in [5.74, 6) is 1.61. The zero-order valence-corrected chi connectivity index (χ0v) is 17.9. The molecule has 6 nitrogen and oxygen atoms in total. The molecule has 6 heteroatoms. The third-order valence-corrected chi connectivity index (χ3v) is 6.11. The van der Waals surface area contributed by atoms with Gasteiger partial charge in [0.25, 0.3) is 0 Å². The van der Waals surface area contributed by atoms with Crippen LogP contribution in [0.2, 0.25) is 0 Å². The molecular weight excluding hydrogens is 372 g/mol. The zero-order chi connectivity index (χ0) is 20.8. The average molecular weight is 405 g/mol. The Hall–Kier alpha value is -2.65. The predicted octanol–water partition coefficient (Wildman–Crippen LogP) is 4.55. The molecule has 158 valence electrons. The van der Waals surface area contributed by atoms with Crippen molar-refractivity contribution in [2.75, 3.05) is 23.3 Å². The first-order chi connectivity index (χ1) is 14.7. The van der Waals surface area contributed by atoms with Gasteiger partial charge in [-0.25, -0.2) is 4.98 Å². The second-order valence-electron chi connectivity index (χ2n) is 8.54. The predicted molar refractivity (Wildman–Crippen MR) is 121 cm³/mol. The number of anilines is 3. The van der Waals surface area contributed by atoms with Gasteiger partial charge in [-0.3, -0.25) is 0 Å². The maximum Gasteiger partial charge on any atom is 0.229 e. The van der Waals surface area contributed by atoms with Gasteiger partial charge in [-0.2, -0.15) is 10.2 Å². The molecule has 0 unspecified atom stereocenters. The van der Waals surface area contributed by atoms with Gasteiger partial charge in [-0.15, -0.1) is 0 Å². The molecule has 2 aliphatic rings. The van der Waals surface area contributed by atoms with Crippen molar-refractivity contribution in [3.05, 3.63) is 41.6 Å². The molecular formula is C24H32N6. The van der Waals surface area contributed by atoms with Gasteiger partial charge in [0.2, 0.25) is 5.95 Å². The van der Waals surface area contributed by atoms with Crippen molar-refractivity contribution >= 4 is 17.5 Å². The number of benzene rings is 1. The van der Waals surface area contributed by atoms with Crippen molar-refractivity contribution in [3.63, 3.8) is 0 Å². The maximum absolute atomic E-state index is 9.15. The lowest BCUT2D eigenvalue weighted by Crippen LogP contribution is -2.41. The topological polar surface area (TPSA) is 76.9 Å². The number of rotatable bonds is 7. The van der Waals surface area contributed by atoms with Crippen molar-refractivity contribution in [2.24, 2.45) is 0 Å². The van der Waals surface area contributed by atoms with Gasteiger partial charge in [0.05, 0.1) is 11.6 Å². The summed E-state index contributed by atoms with van der Waals surface area (Å²) in [6.07, 6.45) is 9.90. The summed E-state index contributed by atoms with van der Waals surface area (Å²) in [4.78, 5) is 11.9. The Morgan fingerprint density at radius 1 is 1.10 bits per heavy atom. The van der Waals surface area contributed by atoms with E-state index in [1.54, 1.807) is 6.07 Å². The van der Waals surface area contributed by atoms with Gasteiger partial charge in [0, 0.05) is 42.6 Å². The van der Waals surface area contributed by atoms with E-state index in [0.29, 0.717) is 23.6 Å². The molecule has 1 aromatic carbocycles. The smallest absolute Gasteiger partial charge is 0.229 e. The van der Waals surface area contributed by atoms with Gasteiger partial charge < -0.3 is 15.5 Å². The third-order valence-electron chi connectivity index (χ3n) is 6.11. The highest BCUT2D eigenvalue weighted by Gasteiger charge is 2.26. The number of aryl methyl sites for hydroxylation is 1. The Morgan fingerprint density at radius 3 is 2.77 bits per heavy atom. The molecule has 2 heterocycles. The summed E-state index contributed by atoms with van der Waals surface area (Å²) in [5.41, 5.74) is 2.53. The van der Waals surface area contributed by atoms with E-state index in [1.807, 2.05) is 18.2 Å². The number of nitrogens with zero attached hydrogens (tertiary/aromatic N) is 4. The van der Waals surface area contributed by atoms with E-state index in [0.717, 1.165) is 49.6 Å². The monoisotopic (exact) mass is 404 g/mol. The van der Waals surface area contributed by atoms with E-state index < -0.39 is 0 Å². The van der Waals surface area contributed by atoms with E-state index in [-0.39, 0.29) is 0 Å². The highest BCUT2D eigenvalue weighted by atomic mass is 15.3. The largest absolute Gasteiger partial charge is 0.355 e. The minimum Gasteiger partial charge on any atom is -0.355 e. The summed E-state index contributed by atoms with van der Waals surface area (Å²) in [6, 6.07) is 13.0. The van der Waals surface area contributed by atoms with Gasteiger partial charge in [0.15, 0.2) is 0 Å². The van der Waals surface area contributed by atoms with Crippen molar-refractivity contribution in [1.82, 2.24) is 15.3 Å². The molecule has 4 rings (SSSR count). The Bertz CT molecular complexity index is 884. The number of nitriles is 1. The molecule has 2 aromatic rings. The highest BCUT2D eigenvalue weighted by Crippen LogP contribution is 2.25. The van der Waals surface area contributed by atoms with Crippen LogP contribution in [-0.2, 0) is 6.42 Å². The molecule has 0 radical (unpaired) electrons. The molecule has 1 atom stereocenters. The lowest BCUT2D eigenvalue weighted by atomic mass is 9.95. The maximum atomic E-state index is 9.15. The van der Waals surface area contributed by atoms with Crippen molar-refractivity contribution in [2.45, 2.75) is 70.4 Å². The van der Waals surface area contributed by atoms with E-state index in [4.69, 9.17) is 15.2 Å². The van der Waals surface area contributed by atoms with Crippen LogP contribution < -0.4 is 15.5 Å². The lowest BCUT2D eigenvalue weighted by molar-refractivity contribution is 0.344. The minimum atomic E-state index is 0.543. The van der Waals surface area contributed by atoms with Crippen LogP contribution in [-0.4, -0.2) is 35.1 Å². The molecule has 1 aliphatic carbocycles. The molecule has 2 fully saturated rings. The summed E-state index contributed by atoms with van der Waals surface area (Å²) in [7, 11) is 0. The highest BCUT2D eigenvalue weighted by molar-refractivity contribution is 5.58. The molecule has 0 amide bonds. The molecule has 1 saturated heterocycles. The number of hydrogen-bond donors (Lipinski definition) is 2. The SMILES string of the molecule is CCCc1cc(N2CC[C@H](NC3CCCCC3)C2)nc(Nc2cccc(C#N)c2)n1. The first-order valence-corrected chi connectivity index (χ1v) is 11.4. The fourth-order valence-corrected chi connectivity index (χ4v) is 4.59. The summed E-state index contributed by atoms with van der Waals surface area (Å²) < 4.78 is 0. The molecule has 0 spiro atoms. The van der Waals surface area contributed by atoms with Gasteiger partial charge >= 0.3 is 0 Å². The fraction of sp³-hybridized carbons (Fsp3) is 0.542. The van der Waals surface area contributed by atoms with E-state index in [1.165, 1.54) is 32.1 Å². The second-order valence-corrected chi connectivity index (χ2v) is 8.54. The van der Waals surface area contributed by atoms with Crippen LogP contribution >= 0.6 is 0 Å². The molecule has 0 bridgehead atoms. The van der Waals surface area contributed by atoms with Crippen molar-refractivity contribution in [3.8, 4) is 6.07 Å². The van der Waals surface area contributed by atoms with E-state index in [9.17, 15) is 0 Å². The van der Waals surface area contributed by atoms with Crippen LogP contribution in [0.5, 0.6) is 0 Å². The van der Waals surface area contributed by atoms with Crippen LogP contribution in [0.15, 0.2) is 30.3 Å². The standard InChI is InChI=1S/C24H32N6/c1-2-7-20-15-23(29-24(27-20)28-21-11-6-8-18(14-21)16-25)30-13-12-22(17-30)26-19-9-4-3-5-10-19/h6,8,11,14-15,19,22,26H,2-5,7,9-10,12-13,17H2,1H3,(H,27,28,29)/t22-/m0/s1. The van der Waals surface area contributed by atoms with Crippen LogP contribution in [0.25, 0.3) is 0 Å². The fourth-order valence-electron chi connectivity index (χ4n) is 4.59. The van der Waals surface area contributed by atoms with Crippen LogP contribution in [0.3, 0.4) is 0 Å². The molecule has 1 aromatic heterocycles. The van der Waals surface area contributed by atoms with E-state index in [2.05, 4.69) is 34.6 Å². The first kappa shape index (κ1) is 20.6. The number of aromatic nitrogens is 2. The summed E-state index contributed by atoms with van der Waals surface area (Å²) >= 11 is 0. The van der Waals surface area contributed by atoms with Gasteiger partial charge in [0.1, 0.15) is 5.82 Å². The molecule has 1 aliphatic heterocycles. The Morgan fingerprint density at radius 2 is 1.97 bits per heavy atom. The zero-order valence-electron chi connectivity index (χ0n) is 17.9. The Kier molecular flexibility index (Phi) is 6.81. The second kappa shape index (κ2) is 9.90. The quantitative estimate of drug-likeness (QED) is 0.705. The Balaban J connectivity index is 1.47. The lowest BCUT2D eigenvalue weighted by Gasteiger charge is -2.26.